The van der Waals surface area contributed by atoms with Crippen molar-refractivity contribution in [3.8, 4) is 0 Å². The largest absolute Gasteiger partial charge is 0.468 e. The first-order chi connectivity index (χ1) is 5.57. The van der Waals surface area contributed by atoms with E-state index in [0.29, 0.717) is 6.42 Å². The summed E-state index contributed by atoms with van der Waals surface area (Å²) in [6.45, 7) is 0.949. The summed E-state index contributed by atoms with van der Waals surface area (Å²) in [5.74, 6) is -0.325. The lowest BCUT2D eigenvalue weighted by Crippen LogP contribution is -2.32. The van der Waals surface area contributed by atoms with Crippen LogP contribution in [0.4, 0.5) is 0 Å². The van der Waals surface area contributed by atoms with E-state index in [1.54, 1.807) is 0 Å². The summed E-state index contributed by atoms with van der Waals surface area (Å²) < 4.78 is 4.49. The molecule has 0 aromatic rings. The third-order valence-electron chi connectivity index (χ3n) is 1.62. The molecular formula is C8H18N2O2. The molecule has 72 valence electrons. The van der Waals surface area contributed by atoms with Crippen molar-refractivity contribution < 1.29 is 9.53 Å². The van der Waals surface area contributed by atoms with Crippen molar-refractivity contribution in [1.29, 1.82) is 0 Å². The predicted octanol–water partition coefficient (Wildman–Crippen LogP) is -0.171. The molecule has 4 nitrogen and oxygen atoms in total. The molecule has 0 aromatic heterocycles. The summed E-state index contributed by atoms with van der Waals surface area (Å²) in [5.41, 5.74) is 5.52. The molecular weight excluding hydrogens is 156 g/mol. The topological polar surface area (TPSA) is 55.6 Å². The SMILES string of the molecule is COC(=O)C(N)CCCN(C)C. The van der Waals surface area contributed by atoms with Crippen LogP contribution in [0.2, 0.25) is 0 Å². The Bertz CT molecular complexity index is 137. The molecule has 2 N–H and O–H groups in total. The number of nitrogens with zero attached hydrogens (tertiary/aromatic N) is 1. The number of hydrogen-bond donors (Lipinski definition) is 1. The molecule has 1 atom stereocenters. The summed E-state index contributed by atoms with van der Waals surface area (Å²) in [6, 6.07) is -0.463. The number of ether oxygens (including phenoxy) is 1. The maximum Gasteiger partial charge on any atom is 0.322 e. The number of methoxy groups -OCH3 is 1. The molecule has 4 heteroatoms. The zero-order valence-corrected chi connectivity index (χ0v) is 8.04. The first-order valence-corrected chi connectivity index (χ1v) is 4.06. The number of carbonyl (C=O) groups excluding carboxylic acids is 1. The Balaban J connectivity index is 3.43. The third kappa shape index (κ3) is 5.09. The predicted molar refractivity (Wildman–Crippen MR) is 47.8 cm³/mol. The van der Waals surface area contributed by atoms with Crippen molar-refractivity contribution in [3.05, 3.63) is 0 Å². The van der Waals surface area contributed by atoms with E-state index in [0.717, 1.165) is 13.0 Å². The minimum absolute atomic E-state index is 0.325. The van der Waals surface area contributed by atoms with Crippen LogP contribution < -0.4 is 5.73 Å². The number of esters is 1. The molecule has 0 heterocycles. The zero-order chi connectivity index (χ0) is 9.56. The highest BCUT2D eigenvalue weighted by Crippen LogP contribution is 1.96. The fraction of sp³-hybridized carbons (Fsp3) is 0.875. The Morgan fingerprint density at radius 1 is 1.58 bits per heavy atom. The first-order valence-electron chi connectivity index (χ1n) is 4.06. The van der Waals surface area contributed by atoms with E-state index >= 15 is 0 Å². The minimum Gasteiger partial charge on any atom is -0.468 e. The van der Waals surface area contributed by atoms with Crippen LogP contribution in [0.15, 0.2) is 0 Å². The monoisotopic (exact) mass is 174 g/mol. The molecule has 0 aromatic carbocycles. The van der Waals surface area contributed by atoms with Gasteiger partial charge >= 0.3 is 5.97 Å². The van der Waals surface area contributed by atoms with Gasteiger partial charge in [-0.15, -0.1) is 0 Å². The van der Waals surface area contributed by atoms with Crippen LogP contribution in [0.25, 0.3) is 0 Å². The van der Waals surface area contributed by atoms with E-state index in [1.165, 1.54) is 7.11 Å². The van der Waals surface area contributed by atoms with Crippen molar-refractivity contribution in [3.63, 3.8) is 0 Å². The van der Waals surface area contributed by atoms with E-state index < -0.39 is 6.04 Å². The molecule has 0 aliphatic heterocycles. The number of nitrogens with two attached hydrogens (primary N) is 1. The second-order valence-corrected chi connectivity index (χ2v) is 3.08. The lowest BCUT2D eigenvalue weighted by molar-refractivity contribution is -0.142. The lowest BCUT2D eigenvalue weighted by atomic mass is 10.1. The van der Waals surface area contributed by atoms with E-state index in [2.05, 4.69) is 9.64 Å². The molecule has 0 saturated heterocycles. The summed E-state index contributed by atoms with van der Waals surface area (Å²) in [4.78, 5) is 12.9. The first kappa shape index (κ1) is 11.4. The molecule has 0 aliphatic rings. The van der Waals surface area contributed by atoms with Gasteiger partial charge in [-0.2, -0.15) is 0 Å². The Hall–Kier alpha value is -0.610. The fourth-order valence-electron chi connectivity index (χ4n) is 0.897. The number of hydrogen-bond acceptors (Lipinski definition) is 4. The van der Waals surface area contributed by atoms with Crippen LogP contribution in [0.1, 0.15) is 12.8 Å². The Labute approximate surface area is 73.7 Å². The zero-order valence-electron chi connectivity index (χ0n) is 8.04. The van der Waals surface area contributed by atoms with E-state index in [9.17, 15) is 4.79 Å². The average Bonchev–Trinajstić information content (AvgIpc) is 2.02. The van der Waals surface area contributed by atoms with Crippen molar-refractivity contribution >= 4 is 5.97 Å². The molecule has 0 saturated carbocycles. The fourth-order valence-corrected chi connectivity index (χ4v) is 0.897. The molecule has 0 rings (SSSR count). The lowest BCUT2D eigenvalue weighted by Gasteiger charge is -2.11. The average molecular weight is 174 g/mol. The molecule has 12 heavy (non-hydrogen) atoms. The van der Waals surface area contributed by atoms with Crippen LogP contribution in [0.5, 0.6) is 0 Å². The quantitative estimate of drug-likeness (QED) is 0.588. The molecule has 1 unspecified atom stereocenters. The van der Waals surface area contributed by atoms with Gasteiger partial charge < -0.3 is 15.4 Å². The Morgan fingerprint density at radius 3 is 2.58 bits per heavy atom. The maximum atomic E-state index is 10.8. The van der Waals surface area contributed by atoms with Crippen LogP contribution >= 0.6 is 0 Å². The molecule has 0 radical (unpaired) electrons. The Morgan fingerprint density at radius 2 is 2.17 bits per heavy atom. The second kappa shape index (κ2) is 5.97. The van der Waals surface area contributed by atoms with E-state index in [4.69, 9.17) is 5.73 Å². The van der Waals surface area contributed by atoms with Gasteiger partial charge in [0.05, 0.1) is 7.11 Å². The summed E-state index contributed by atoms with van der Waals surface area (Å²) in [5, 5.41) is 0. The van der Waals surface area contributed by atoms with Crippen molar-refractivity contribution in [1.82, 2.24) is 4.90 Å². The molecule has 0 bridgehead atoms. The summed E-state index contributed by atoms with van der Waals surface area (Å²) in [6.07, 6.45) is 1.61. The van der Waals surface area contributed by atoms with Crippen LogP contribution in [0.3, 0.4) is 0 Å². The molecule has 0 aliphatic carbocycles. The van der Waals surface area contributed by atoms with Crippen molar-refractivity contribution in [2.75, 3.05) is 27.7 Å². The van der Waals surface area contributed by atoms with Gasteiger partial charge in [0, 0.05) is 0 Å². The Kier molecular flexibility index (Phi) is 5.66. The van der Waals surface area contributed by atoms with E-state index in [1.807, 2.05) is 14.1 Å². The van der Waals surface area contributed by atoms with Crippen LogP contribution in [-0.2, 0) is 9.53 Å². The van der Waals surface area contributed by atoms with Gasteiger partial charge in [-0.25, -0.2) is 0 Å². The van der Waals surface area contributed by atoms with Gasteiger partial charge in [0.25, 0.3) is 0 Å². The van der Waals surface area contributed by atoms with Gasteiger partial charge in [0.1, 0.15) is 6.04 Å². The number of carbonyl (C=O) groups is 1. The van der Waals surface area contributed by atoms with Crippen molar-refractivity contribution in [2.24, 2.45) is 5.73 Å². The highest BCUT2D eigenvalue weighted by molar-refractivity contribution is 5.75. The summed E-state index contributed by atoms with van der Waals surface area (Å²) >= 11 is 0. The normalized spacial score (nSPS) is 13.1. The number of rotatable bonds is 5. The van der Waals surface area contributed by atoms with Crippen molar-refractivity contribution in [2.45, 2.75) is 18.9 Å². The minimum atomic E-state index is -0.463. The summed E-state index contributed by atoms with van der Waals surface area (Å²) in [7, 11) is 5.33. The molecule has 0 amide bonds. The van der Waals surface area contributed by atoms with Gasteiger partial charge in [-0.3, -0.25) is 4.79 Å². The van der Waals surface area contributed by atoms with E-state index in [-0.39, 0.29) is 5.97 Å². The molecule has 0 spiro atoms. The third-order valence-corrected chi connectivity index (χ3v) is 1.62. The van der Waals surface area contributed by atoms with Gasteiger partial charge in [-0.05, 0) is 33.5 Å². The smallest absolute Gasteiger partial charge is 0.322 e. The van der Waals surface area contributed by atoms with Gasteiger partial charge in [0.2, 0.25) is 0 Å². The van der Waals surface area contributed by atoms with Crippen LogP contribution in [0, 0.1) is 0 Å². The second-order valence-electron chi connectivity index (χ2n) is 3.08. The maximum absolute atomic E-state index is 10.8. The molecule has 0 fully saturated rings. The highest BCUT2D eigenvalue weighted by Gasteiger charge is 2.12. The standard InChI is InChI=1S/C8H18N2O2/c1-10(2)6-4-5-7(9)8(11)12-3/h7H,4-6,9H2,1-3H3. The highest BCUT2D eigenvalue weighted by atomic mass is 16.5. The van der Waals surface area contributed by atoms with Crippen LogP contribution in [-0.4, -0.2) is 44.7 Å². The van der Waals surface area contributed by atoms with Gasteiger partial charge in [0.15, 0.2) is 0 Å². The van der Waals surface area contributed by atoms with Gasteiger partial charge in [-0.1, -0.05) is 0 Å².